The van der Waals surface area contributed by atoms with Crippen LogP contribution in [0.4, 0.5) is 13.2 Å². The van der Waals surface area contributed by atoms with Crippen molar-refractivity contribution < 1.29 is 17.9 Å². The minimum Gasteiger partial charge on any atom is -0.432 e. The molecule has 0 N–H and O–H groups in total. The quantitative estimate of drug-likeness (QED) is 0.769. The number of nitrogens with zero attached hydrogens (tertiary/aromatic N) is 1. The lowest BCUT2D eigenvalue weighted by Crippen LogP contribution is -2.04. The van der Waals surface area contributed by atoms with E-state index in [0.29, 0.717) is 0 Å². The lowest BCUT2D eigenvalue weighted by Gasteiger charge is -2.06. The van der Waals surface area contributed by atoms with E-state index in [2.05, 4.69) is 4.74 Å². The molecule has 0 amide bonds. The van der Waals surface area contributed by atoms with Crippen molar-refractivity contribution in [3.05, 3.63) is 28.5 Å². The molecule has 74 valence electrons. The number of nitriles is 1. The van der Waals surface area contributed by atoms with Crippen molar-refractivity contribution >= 4 is 11.6 Å². The van der Waals surface area contributed by atoms with Crippen LogP contribution < -0.4 is 4.74 Å². The van der Waals surface area contributed by atoms with Gasteiger partial charge in [-0.2, -0.15) is 14.0 Å². The average molecular weight is 222 g/mol. The van der Waals surface area contributed by atoms with Gasteiger partial charge in [0, 0.05) is 0 Å². The first-order chi connectivity index (χ1) is 6.56. The molecule has 0 aliphatic heterocycles. The van der Waals surface area contributed by atoms with E-state index in [1.165, 1.54) is 6.07 Å². The summed E-state index contributed by atoms with van der Waals surface area (Å²) in [6, 6.07) is 3.49. The summed E-state index contributed by atoms with van der Waals surface area (Å²) in [6.45, 7) is -3.14. The van der Waals surface area contributed by atoms with E-state index in [1.54, 1.807) is 0 Å². The molecule has 0 atom stereocenters. The van der Waals surface area contributed by atoms with Gasteiger partial charge in [-0.3, -0.25) is 0 Å². The molecule has 0 unspecified atom stereocenters. The van der Waals surface area contributed by atoms with Gasteiger partial charge in [0.25, 0.3) is 0 Å². The fraction of sp³-hybridized carbons (Fsp3) is 0.125. The number of alkyl halides is 2. The third-order valence-electron chi connectivity index (χ3n) is 1.38. The second-order valence-corrected chi connectivity index (χ2v) is 2.63. The summed E-state index contributed by atoms with van der Waals surface area (Å²) in [7, 11) is 0. The highest BCUT2D eigenvalue weighted by Gasteiger charge is 2.15. The molecule has 1 aromatic carbocycles. The highest BCUT2D eigenvalue weighted by molar-refractivity contribution is 6.31. The van der Waals surface area contributed by atoms with Gasteiger partial charge in [0.15, 0.2) is 11.6 Å². The van der Waals surface area contributed by atoms with Crippen molar-refractivity contribution in [2.45, 2.75) is 6.61 Å². The van der Waals surface area contributed by atoms with E-state index in [9.17, 15) is 13.2 Å². The number of ether oxygens (including phenoxy) is 1. The Balaban J connectivity index is 3.16. The van der Waals surface area contributed by atoms with Gasteiger partial charge in [-0.25, -0.2) is 4.39 Å². The molecule has 2 nitrogen and oxygen atoms in total. The standard InChI is InChI=1S/C8H3ClF3NO/c9-5-1-2-6(14-8(11)12)7(10)4(5)3-13/h1-2,8H. The van der Waals surface area contributed by atoms with E-state index in [0.717, 1.165) is 12.1 Å². The third kappa shape index (κ3) is 2.09. The van der Waals surface area contributed by atoms with Gasteiger partial charge < -0.3 is 4.74 Å². The number of halogens is 4. The fourth-order valence-electron chi connectivity index (χ4n) is 0.823. The zero-order valence-corrected chi connectivity index (χ0v) is 7.36. The van der Waals surface area contributed by atoms with Gasteiger partial charge in [0.05, 0.1) is 5.02 Å². The Morgan fingerprint density at radius 3 is 2.57 bits per heavy atom. The van der Waals surface area contributed by atoms with E-state index in [4.69, 9.17) is 16.9 Å². The van der Waals surface area contributed by atoms with Gasteiger partial charge in [-0.15, -0.1) is 0 Å². The zero-order valence-electron chi connectivity index (χ0n) is 6.60. The summed E-state index contributed by atoms with van der Waals surface area (Å²) in [5, 5.41) is 8.29. The van der Waals surface area contributed by atoms with Gasteiger partial charge in [-0.05, 0) is 12.1 Å². The van der Waals surface area contributed by atoms with E-state index in [-0.39, 0.29) is 5.02 Å². The Morgan fingerprint density at radius 1 is 1.43 bits per heavy atom. The van der Waals surface area contributed by atoms with Gasteiger partial charge in [0.2, 0.25) is 0 Å². The Labute approximate surface area is 82.5 Å². The summed E-state index contributed by atoms with van der Waals surface area (Å²) in [5.74, 6) is -1.87. The van der Waals surface area contributed by atoms with Gasteiger partial charge >= 0.3 is 6.61 Å². The first-order valence-corrected chi connectivity index (χ1v) is 3.77. The highest BCUT2D eigenvalue weighted by Crippen LogP contribution is 2.27. The number of hydrogen-bond acceptors (Lipinski definition) is 2. The van der Waals surface area contributed by atoms with Crippen LogP contribution in [0.5, 0.6) is 5.75 Å². The van der Waals surface area contributed by atoms with E-state index >= 15 is 0 Å². The summed E-state index contributed by atoms with van der Waals surface area (Å²) in [4.78, 5) is 0. The molecule has 0 fully saturated rings. The first-order valence-electron chi connectivity index (χ1n) is 3.39. The van der Waals surface area contributed by atoms with Crippen LogP contribution in [0.1, 0.15) is 5.56 Å². The summed E-state index contributed by atoms with van der Waals surface area (Å²) in [6.07, 6.45) is 0. The van der Waals surface area contributed by atoms with Crippen LogP contribution >= 0.6 is 11.6 Å². The van der Waals surface area contributed by atoms with Crippen molar-refractivity contribution in [3.8, 4) is 11.8 Å². The van der Waals surface area contributed by atoms with Crippen LogP contribution in [0, 0.1) is 17.1 Å². The third-order valence-corrected chi connectivity index (χ3v) is 1.70. The Morgan fingerprint density at radius 2 is 2.07 bits per heavy atom. The minimum atomic E-state index is -3.14. The Bertz CT molecular complexity index is 389. The minimum absolute atomic E-state index is 0.147. The first kappa shape index (κ1) is 10.7. The van der Waals surface area contributed by atoms with Crippen molar-refractivity contribution in [1.29, 1.82) is 5.26 Å². The molecular weight excluding hydrogens is 219 g/mol. The maximum atomic E-state index is 13.1. The maximum absolute atomic E-state index is 13.1. The van der Waals surface area contributed by atoms with Crippen molar-refractivity contribution in [3.63, 3.8) is 0 Å². The molecule has 0 bridgehead atoms. The van der Waals surface area contributed by atoms with Crippen LogP contribution in [0.25, 0.3) is 0 Å². The summed E-state index contributed by atoms with van der Waals surface area (Å²) in [5.41, 5.74) is -0.509. The van der Waals surface area contributed by atoms with Crippen LogP contribution in [0.15, 0.2) is 12.1 Å². The van der Waals surface area contributed by atoms with Crippen LogP contribution in [-0.4, -0.2) is 6.61 Å². The van der Waals surface area contributed by atoms with Crippen LogP contribution in [0.3, 0.4) is 0 Å². The zero-order chi connectivity index (χ0) is 10.7. The fourth-order valence-corrected chi connectivity index (χ4v) is 1.01. The molecule has 0 aliphatic rings. The van der Waals surface area contributed by atoms with Gasteiger partial charge in [-0.1, -0.05) is 11.6 Å². The van der Waals surface area contributed by atoms with Gasteiger partial charge in [0.1, 0.15) is 11.6 Å². The lowest BCUT2D eigenvalue weighted by molar-refractivity contribution is -0.0522. The second-order valence-electron chi connectivity index (χ2n) is 2.22. The number of hydrogen-bond donors (Lipinski definition) is 0. The summed E-state index contributed by atoms with van der Waals surface area (Å²) < 4.78 is 40.4. The molecule has 1 rings (SSSR count). The van der Waals surface area contributed by atoms with Crippen LogP contribution in [-0.2, 0) is 0 Å². The lowest BCUT2D eigenvalue weighted by atomic mass is 10.2. The van der Waals surface area contributed by atoms with Crippen LogP contribution in [0.2, 0.25) is 5.02 Å². The summed E-state index contributed by atoms with van der Waals surface area (Å²) >= 11 is 5.43. The molecule has 0 radical (unpaired) electrons. The maximum Gasteiger partial charge on any atom is 0.387 e. The molecular formula is C8H3ClF3NO. The molecule has 6 heteroatoms. The van der Waals surface area contributed by atoms with Crippen molar-refractivity contribution in [2.24, 2.45) is 0 Å². The Kier molecular flexibility index (Phi) is 3.20. The molecule has 0 aromatic heterocycles. The molecule has 1 aromatic rings. The normalized spacial score (nSPS) is 10.0. The smallest absolute Gasteiger partial charge is 0.387 e. The van der Waals surface area contributed by atoms with E-state index in [1.807, 2.05) is 0 Å². The average Bonchev–Trinajstić information content (AvgIpc) is 2.10. The molecule has 14 heavy (non-hydrogen) atoms. The molecule has 0 spiro atoms. The largest absolute Gasteiger partial charge is 0.432 e. The number of benzene rings is 1. The molecule has 0 heterocycles. The predicted octanol–water partition coefficient (Wildman–Crippen LogP) is 2.95. The highest BCUT2D eigenvalue weighted by atomic mass is 35.5. The monoisotopic (exact) mass is 221 g/mol. The second kappa shape index (κ2) is 4.20. The van der Waals surface area contributed by atoms with Crippen molar-refractivity contribution in [1.82, 2.24) is 0 Å². The SMILES string of the molecule is N#Cc1c(Cl)ccc(OC(F)F)c1F. The molecule has 0 aliphatic carbocycles. The molecule has 0 saturated heterocycles. The van der Waals surface area contributed by atoms with Crippen molar-refractivity contribution in [2.75, 3.05) is 0 Å². The topological polar surface area (TPSA) is 33.0 Å². The predicted molar refractivity (Wildman–Crippen MR) is 42.8 cm³/mol. The van der Waals surface area contributed by atoms with E-state index < -0.39 is 23.7 Å². The Hall–Kier alpha value is -1.41. The number of rotatable bonds is 2. The molecule has 0 saturated carbocycles.